The number of aromatic nitrogens is 2. The van der Waals surface area contributed by atoms with Crippen molar-refractivity contribution >= 4 is 13.3 Å². The first-order valence-electron chi connectivity index (χ1n) is 13.6. The van der Waals surface area contributed by atoms with Gasteiger partial charge in [0.05, 0.1) is 8.07 Å². The van der Waals surface area contributed by atoms with Crippen LogP contribution >= 0.6 is 0 Å². The van der Waals surface area contributed by atoms with Crippen molar-refractivity contribution in [2.24, 2.45) is 0 Å². The van der Waals surface area contributed by atoms with Gasteiger partial charge in [-0.3, -0.25) is 0 Å². The van der Waals surface area contributed by atoms with Crippen LogP contribution in [-0.2, 0) is 26.5 Å². The Morgan fingerprint density at radius 1 is 0.675 bits per heavy atom. The minimum absolute atomic E-state index is 0. The van der Waals surface area contributed by atoms with E-state index in [1.165, 1.54) is 38.6 Å². The molecule has 0 saturated heterocycles. The second-order valence-electron chi connectivity index (χ2n) is 11.1. The molecule has 0 aliphatic rings. The summed E-state index contributed by atoms with van der Waals surface area (Å²) in [5, 5.41) is 1.48. The van der Waals surface area contributed by atoms with Crippen LogP contribution < -0.4 is 5.19 Å². The largest absolute Gasteiger partial charge is 0.305 e. The van der Waals surface area contributed by atoms with E-state index in [1.54, 1.807) is 0 Å². The molecule has 2 aromatic heterocycles. The molecule has 0 aliphatic heterocycles. The van der Waals surface area contributed by atoms with Gasteiger partial charge in [0.2, 0.25) is 0 Å². The SMILES string of the molecule is CCc1cc(-c2[c-]cccc2)ncc1[Si](C)(C)C.Cc1ccc(-c2cnc(-c3[c-]cccc3)cc2C)c(C)c1.[Ir]. The van der Waals surface area contributed by atoms with Crippen molar-refractivity contribution in [2.45, 2.75) is 53.8 Å². The molecule has 1 radical (unpaired) electrons. The van der Waals surface area contributed by atoms with Crippen LogP contribution in [0.15, 0.2) is 91.3 Å². The van der Waals surface area contributed by atoms with E-state index in [1.807, 2.05) is 48.7 Å². The monoisotopic (exact) mass is 719 g/mol. The van der Waals surface area contributed by atoms with Gasteiger partial charge in [-0.1, -0.05) is 68.0 Å². The van der Waals surface area contributed by atoms with E-state index in [2.05, 4.69) is 112 Å². The summed E-state index contributed by atoms with van der Waals surface area (Å²) in [6.07, 6.45) is 5.13. The minimum atomic E-state index is -1.30. The maximum atomic E-state index is 4.63. The first-order valence-corrected chi connectivity index (χ1v) is 17.1. The Bertz CT molecular complexity index is 1540. The molecule has 0 spiro atoms. The average molecular weight is 719 g/mol. The van der Waals surface area contributed by atoms with Crippen molar-refractivity contribution in [2.75, 3.05) is 0 Å². The van der Waals surface area contributed by atoms with Crippen molar-refractivity contribution in [1.82, 2.24) is 9.97 Å². The molecule has 0 saturated carbocycles. The summed E-state index contributed by atoms with van der Waals surface area (Å²) >= 11 is 0. The number of rotatable bonds is 5. The minimum Gasteiger partial charge on any atom is -0.305 e. The van der Waals surface area contributed by atoms with Crippen LogP contribution in [0.4, 0.5) is 0 Å². The molecule has 5 rings (SSSR count). The topological polar surface area (TPSA) is 25.8 Å². The smallest absolute Gasteiger partial charge is 0.0798 e. The normalized spacial score (nSPS) is 10.8. The summed E-state index contributed by atoms with van der Waals surface area (Å²) in [6, 6.07) is 33.4. The van der Waals surface area contributed by atoms with Crippen LogP contribution in [0.25, 0.3) is 33.6 Å². The van der Waals surface area contributed by atoms with Crippen LogP contribution in [0.5, 0.6) is 0 Å². The van der Waals surface area contributed by atoms with Crippen molar-refractivity contribution in [1.29, 1.82) is 0 Å². The molecular weight excluding hydrogens is 681 g/mol. The van der Waals surface area contributed by atoms with Crippen molar-refractivity contribution < 1.29 is 20.1 Å². The van der Waals surface area contributed by atoms with Crippen molar-refractivity contribution in [3.05, 3.63) is 126 Å². The summed E-state index contributed by atoms with van der Waals surface area (Å²) in [5.41, 5.74) is 11.8. The number of hydrogen-bond donors (Lipinski definition) is 0. The van der Waals surface area contributed by atoms with Gasteiger partial charge in [0.25, 0.3) is 0 Å². The molecule has 4 heteroatoms. The first kappa shape index (κ1) is 31.4. The van der Waals surface area contributed by atoms with Gasteiger partial charge in [0.15, 0.2) is 0 Å². The Morgan fingerprint density at radius 2 is 1.25 bits per heavy atom. The molecule has 207 valence electrons. The Kier molecular flexibility index (Phi) is 10.9. The van der Waals surface area contributed by atoms with Gasteiger partial charge in [-0.15, -0.1) is 71.8 Å². The number of benzene rings is 3. The van der Waals surface area contributed by atoms with E-state index in [9.17, 15) is 0 Å². The maximum absolute atomic E-state index is 4.63. The van der Waals surface area contributed by atoms with Gasteiger partial charge in [0.1, 0.15) is 0 Å². The summed E-state index contributed by atoms with van der Waals surface area (Å²) in [7, 11) is -1.30. The van der Waals surface area contributed by atoms with E-state index in [4.69, 9.17) is 0 Å². The number of nitrogens with zero attached hydrogens (tertiary/aromatic N) is 2. The van der Waals surface area contributed by atoms with Crippen molar-refractivity contribution in [3.63, 3.8) is 0 Å². The fraction of sp³-hybridized carbons (Fsp3) is 0.222. The van der Waals surface area contributed by atoms with E-state index in [0.717, 1.165) is 28.9 Å². The first-order chi connectivity index (χ1) is 18.7. The molecule has 0 aliphatic carbocycles. The third-order valence-corrected chi connectivity index (χ3v) is 9.00. The second kappa shape index (κ2) is 13.9. The van der Waals surface area contributed by atoms with Gasteiger partial charge in [-0.25, -0.2) is 0 Å². The quantitative estimate of drug-likeness (QED) is 0.134. The maximum Gasteiger partial charge on any atom is 0.0798 e. The van der Waals surface area contributed by atoms with Gasteiger partial charge < -0.3 is 9.97 Å². The summed E-state index contributed by atoms with van der Waals surface area (Å²) < 4.78 is 0. The molecule has 3 aromatic carbocycles. The molecule has 0 N–H and O–H groups in total. The summed E-state index contributed by atoms with van der Waals surface area (Å²) in [5.74, 6) is 0. The number of hydrogen-bond acceptors (Lipinski definition) is 2. The third kappa shape index (κ3) is 7.72. The Morgan fingerprint density at radius 3 is 1.75 bits per heavy atom. The zero-order chi connectivity index (χ0) is 28.0. The summed E-state index contributed by atoms with van der Waals surface area (Å²) in [4.78, 5) is 9.25. The molecule has 0 atom stereocenters. The van der Waals surface area contributed by atoms with E-state index >= 15 is 0 Å². The summed E-state index contributed by atoms with van der Waals surface area (Å²) in [6.45, 7) is 15.8. The average Bonchev–Trinajstić information content (AvgIpc) is 2.94. The van der Waals surface area contributed by atoms with Crippen LogP contribution in [0.3, 0.4) is 0 Å². The third-order valence-electron chi connectivity index (χ3n) is 6.93. The zero-order valence-electron chi connectivity index (χ0n) is 24.6. The number of pyridine rings is 2. The molecular formula is C36H38IrN2Si-2. The molecule has 2 nitrogen and oxygen atoms in total. The molecule has 0 unspecified atom stereocenters. The standard InChI is InChI=1S/C20H18N.C16H20NSi.Ir/c1-14-9-10-18(15(2)11-14)19-13-21-20(12-16(19)3)17-7-5-4-6-8-17;1-5-13-11-15(14-9-7-6-8-10-14)17-12-16(13)18(2,3)4;/h4-7,9-13H,1-3H3;6-9,11-12H,5H2,1-4H3;/q2*-1;. The van der Waals surface area contributed by atoms with Crippen LogP contribution in [-0.4, -0.2) is 18.0 Å². The molecule has 40 heavy (non-hydrogen) atoms. The predicted octanol–water partition coefficient (Wildman–Crippen LogP) is 8.79. The molecule has 5 aromatic rings. The fourth-order valence-electron chi connectivity index (χ4n) is 4.82. The second-order valence-corrected chi connectivity index (χ2v) is 16.1. The van der Waals surface area contributed by atoms with E-state index < -0.39 is 8.07 Å². The Hall–Kier alpha value is -3.17. The fourth-order valence-corrected chi connectivity index (χ4v) is 6.48. The molecule has 0 amide bonds. The predicted molar refractivity (Wildman–Crippen MR) is 169 cm³/mol. The molecule has 0 fully saturated rings. The molecule has 2 heterocycles. The number of aryl methyl sites for hydroxylation is 4. The zero-order valence-corrected chi connectivity index (χ0v) is 28.0. The van der Waals surface area contributed by atoms with E-state index in [0.29, 0.717) is 0 Å². The van der Waals surface area contributed by atoms with E-state index in [-0.39, 0.29) is 20.1 Å². The van der Waals surface area contributed by atoms with Gasteiger partial charge >= 0.3 is 0 Å². The van der Waals surface area contributed by atoms with Gasteiger partial charge in [-0.2, -0.15) is 0 Å². The Balaban J connectivity index is 0.000000218. The Labute approximate surface area is 255 Å². The van der Waals surface area contributed by atoms with Gasteiger partial charge in [-0.05, 0) is 60.5 Å². The van der Waals surface area contributed by atoms with Crippen LogP contribution in [0, 0.1) is 32.9 Å². The van der Waals surface area contributed by atoms with Crippen LogP contribution in [0.2, 0.25) is 19.6 Å². The molecule has 0 bridgehead atoms. The van der Waals surface area contributed by atoms with Crippen molar-refractivity contribution in [3.8, 4) is 33.6 Å². The van der Waals surface area contributed by atoms with Crippen LogP contribution in [0.1, 0.15) is 29.2 Å². The van der Waals surface area contributed by atoms with Gasteiger partial charge in [0, 0.05) is 38.1 Å².